The summed E-state index contributed by atoms with van der Waals surface area (Å²) in [6.45, 7) is 3.69. The maximum absolute atomic E-state index is 9.83. The molecule has 0 saturated heterocycles. The Labute approximate surface area is 160 Å². The summed E-state index contributed by atoms with van der Waals surface area (Å²) < 4.78 is 0. The van der Waals surface area contributed by atoms with E-state index in [1.165, 1.54) is 20.2 Å². The summed E-state index contributed by atoms with van der Waals surface area (Å²) in [5, 5.41) is 0. The lowest BCUT2D eigenvalue weighted by Crippen LogP contribution is -2.22. The van der Waals surface area contributed by atoms with E-state index in [1.807, 2.05) is 13.1 Å². The zero-order chi connectivity index (χ0) is 18.4. The highest BCUT2D eigenvalue weighted by Crippen LogP contribution is 2.50. The van der Waals surface area contributed by atoms with Gasteiger partial charge in [-0.1, -0.05) is 54.1 Å². The van der Waals surface area contributed by atoms with Crippen molar-refractivity contribution in [3.05, 3.63) is 90.5 Å². The van der Waals surface area contributed by atoms with Gasteiger partial charge in [-0.15, -0.1) is 5.92 Å². The van der Waals surface area contributed by atoms with E-state index in [-0.39, 0.29) is 0 Å². The van der Waals surface area contributed by atoms with Crippen LogP contribution in [0.5, 0.6) is 0 Å². The molecule has 0 aromatic heterocycles. The lowest BCUT2D eigenvalue weighted by atomic mass is 10.2. The van der Waals surface area contributed by atoms with Crippen molar-refractivity contribution < 1.29 is 4.80 Å². The first-order valence-corrected chi connectivity index (χ1v) is 13.0. The number of rotatable bonds is 4. The van der Waals surface area contributed by atoms with Gasteiger partial charge in [0.15, 0.2) is 0 Å². The van der Waals surface area contributed by atoms with Crippen LogP contribution in [0, 0.1) is 11.5 Å². The molecule has 0 radical (unpaired) electrons. The molecule has 0 heterocycles. The minimum Gasteiger partial charge on any atom is -0.422 e. The smallest absolute Gasteiger partial charge is 0.263 e. The fourth-order valence-corrected chi connectivity index (χ4v) is 5.53. The van der Waals surface area contributed by atoms with Crippen LogP contribution >= 0.6 is 10.9 Å². The molecular weight excluding hydrogens is 352 g/mol. The minimum absolute atomic E-state index is 0.559. The van der Waals surface area contributed by atoms with Gasteiger partial charge in [-0.05, 0) is 69.7 Å². The van der Waals surface area contributed by atoms with Crippen LogP contribution in [0.3, 0.4) is 0 Å². The van der Waals surface area contributed by atoms with Crippen molar-refractivity contribution in [1.82, 2.24) is 0 Å². The predicted octanol–water partition coefficient (Wildman–Crippen LogP) is 5.45. The fraction of sp³-hybridized carbons (Fsp3) is 0.130. The van der Waals surface area contributed by atoms with Crippen LogP contribution in [-0.2, 0) is 6.42 Å². The van der Waals surface area contributed by atoms with Crippen LogP contribution in [-0.4, -0.2) is 13.1 Å². The zero-order valence-electron chi connectivity index (χ0n) is 15.2. The molecule has 0 amide bonds. The Morgan fingerprint density at radius 1 is 0.731 bits per heavy atom. The van der Waals surface area contributed by atoms with E-state index in [0.29, 0.717) is 6.42 Å². The number of hydrogen-bond acceptors (Lipinski definition) is 1. The van der Waals surface area contributed by atoms with Gasteiger partial charge in [0.05, 0.1) is 0 Å². The number of thiol groups is 1. The molecule has 1 N–H and O–H groups in total. The highest BCUT2D eigenvalue weighted by atomic mass is 32.2. The molecule has 3 aromatic carbocycles. The van der Waals surface area contributed by atoms with Crippen molar-refractivity contribution in [2.75, 3.05) is 0 Å². The van der Waals surface area contributed by atoms with E-state index >= 15 is 0 Å². The number of hydrogen-bond donors (Lipinski definition) is 2. The summed E-state index contributed by atoms with van der Waals surface area (Å²) in [5.41, 5.74) is 4.20. The van der Waals surface area contributed by atoms with Crippen LogP contribution in [0.2, 0.25) is 13.1 Å². The fourth-order valence-electron chi connectivity index (χ4n) is 2.73. The van der Waals surface area contributed by atoms with Gasteiger partial charge in [-0.3, -0.25) is 0 Å². The van der Waals surface area contributed by atoms with Crippen molar-refractivity contribution in [2.45, 2.75) is 34.2 Å². The highest BCUT2D eigenvalue weighted by molar-refractivity contribution is 8.17. The molecule has 0 atom stereocenters. The predicted molar refractivity (Wildman–Crippen MR) is 114 cm³/mol. The second-order valence-corrected chi connectivity index (χ2v) is 12.3. The average Bonchev–Trinajstić information content (AvgIpc) is 2.64. The first-order chi connectivity index (χ1) is 12.5. The summed E-state index contributed by atoms with van der Waals surface area (Å²) in [6, 6.07) is 30.2. The summed E-state index contributed by atoms with van der Waals surface area (Å²) in [4.78, 5) is 13.9. The molecule has 0 aliphatic heterocycles. The van der Waals surface area contributed by atoms with E-state index < -0.39 is 19.2 Å². The Balaban J connectivity index is 1.89. The van der Waals surface area contributed by atoms with E-state index in [1.54, 1.807) is 0 Å². The summed E-state index contributed by atoms with van der Waals surface area (Å²) in [6.07, 6.45) is 0.686. The Morgan fingerprint density at radius 3 is 1.65 bits per heavy atom. The van der Waals surface area contributed by atoms with E-state index in [4.69, 9.17) is 0 Å². The first-order valence-electron chi connectivity index (χ1n) is 8.74. The van der Waals surface area contributed by atoms with Crippen LogP contribution in [0.4, 0.5) is 0 Å². The lowest BCUT2D eigenvalue weighted by Gasteiger charge is -2.23. The second kappa shape index (κ2) is 8.42. The Morgan fingerprint density at radius 2 is 1.19 bits per heavy atom. The normalized spacial score (nSPS) is 11.4. The van der Waals surface area contributed by atoms with Gasteiger partial charge in [0.2, 0.25) is 0 Å². The Kier molecular flexibility index (Phi) is 6.00. The Hall–Kier alpha value is -2.25. The maximum Gasteiger partial charge on any atom is 0.263 e. The molecule has 0 aliphatic rings. The van der Waals surface area contributed by atoms with Crippen LogP contribution in [0.25, 0.3) is 0 Å². The largest absolute Gasteiger partial charge is 0.422 e. The SMILES string of the molecule is C[Si](C)(O)C#CCc1ccc([SH](c2ccccc2)c2ccccc2)cc1. The standard InChI is InChI=1S/C23H24OSSi/c1-26(2,24)19-9-10-20-15-17-23(18-16-20)25(21-11-5-3-6-12-21)22-13-7-4-8-14-22/h3-8,11-18,24-25H,10H2,1-2H3. The molecule has 0 spiro atoms. The van der Waals surface area contributed by atoms with Crippen molar-refractivity contribution in [3.63, 3.8) is 0 Å². The molecule has 26 heavy (non-hydrogen) atoms. The minimum atomic E-state index is -2.29. The first kappa shape index (κ1) is 18.5. The average molecular weight is 377 g/mol. The van der Waals surface area contributed by atoms with Gasteiger partial charge in [-0.25, -0.2) is 0 Å². The highest BCUT2D eigenvalue weighted by Gasteiger charge is 2.13. The van der Waals surface area contributed by atoms with Gasteiger partial charge in [0.1, 0.15) is 0 Å². The second-order valence-electron chi connectivity index (χ2n) is 6.71. The molecule has 3 heteroatoms. The lowest BCUT2D eigenvalue weighted by molar-refractivity contribution is 0.570. The van der Waals surface area contributed by atoms with Gasteiger partial charge < -0.3 is 4.80 Å². The monoisotopic (exact) mass is 376 g/mol. The van der Waals surface area contributed by atoms with Gasteiger partial charge in [-0.2, -0.15) is 10.9 Å². The molecule has 0 saturated carbocycles. The molecule has 3 rings (SSSR count). The molecule has 1 nitrogen and oxygen atoms in total. The molecule has 0 unspecified atom stereocenters. The van der Waals surface area contributed by atoms with Crippen LogP contribution in [0.1, 0.15) is 5.56 Å². The molecule has 0 bridgehead atoms. The van der Waals surface area contributed by atoms with Gasteiger partial charge in [0, 0.05) is 6.42 Å². The number of benzene rings is 3. The summed E-state index contributed by atoms with van der Waals surface area (Å²) in [7, 11) is -2.84. The summed E-state index contributed by atoms with van der Waals surface area (Å²) in [5.74, 6) is 3.12. The summed E-state index contributed by atoms with van der Waals surface area (Å²) >= 11 is 0. The van der Waals surface area contributed by atoms with Crippen LogP contribution < -0.4 is 0 Å². The van der Waals surface area contributed by atoms with Gasteiger partial charge >= 0.3 is 0 Å². The third-order valence-electron chi connectivity index (χ3n) is 3.91. The van der Waals surface area contributed by atoms with E-state index in [2.05, 4.69) is 96.4 Å². The van der Waals surface area contributed by atoms with Gasteiger partial charge in [0.25, 0.3) is 8.32 Å². The zero-order valence-corrected chi connectivity index (χ0v) is 17.1. The van der Waals surface area contributed by atoms with E-state index in [9.17, 15) is 4.80 Å². The quantitative estimate of drug-likeness (QED) is 0.352. The van der Waals surface area contributed by atoms with Crippen LogP contribution in [0.15, 0.2) is 99.6 Å². The maximum atomic E-state index is 9.83. The molecular formula is C23H24OSSi. The van der Waals surface area contributed by atoms with Crippen molar-refractivity contribution in [3.8, 4) is 11.5 Å². The molecule has 132 valence electrons. The van der Waals surface area contributed by atoms with E-state index in [0.717, 1.165) is 0 Å². The third-order valence-corrected chi connectivity index (χ3v) is 7.14. The molecule has 0 aliphatic carbocycles. The Bertz CT molecular complexity index is 849. The molecule has 0 fully saturated rings. The topological polar surface area (TPSA) is 20.2 Å². The van der Waals surface area contributed by atoms with Crippen molar-refractivity contribution in [1.29, 1.82) is 0 Å². The third kappa shape index (κ3) is 5.12. The molecule has 3 aromatic rings. The van der Waals surface area contributed by atoms with Crippen molar-refractivity contribution >= 4 is 19.2 Å². The van der Waals surface area contributed by atoms with Crippen molar-refractivity contribution in [2.24, 2.45) is 0 Å².